The SMILES string of the molecule is COCCCN1C(=S)N[C@H]2C[C@@]1(C)Oc1ccc(Br)cc12. The Morgan fingerprint density at radius 2 is 2.38 bits per heavy atom. The molecule has 2 bridgehead atoms. The molecule has 1 fully saturated rings. The van der Waals surface area contributed by atoms with Crippen molar-refractivity contribution in [3.8, 4) is 5.75 Å². The highest BCUT2D eigenvalue weighted by atomic mass is 79.9. The fraction of sp³-hybridized carbons (Fsp3) is 0.533. The maximum absolute atomic E-state index is 6.30. The molecule has 2 atom stereocenters. The maximum Gasteiger partial charge on any atom is 0.184 e. The number of hydrogen-bond acceptors (Lipinski definition) is 3. The van der Waals surface area contributed by atoms with Crippen LogP contribution in [0.5, 0.6) is 5.75 Å². The second-order valence-corrected chi connectivity index (χ2v) is 6.97. The van der Waals surface area contributed by atoms with Crippen LogP contribution in [0.25, 0.3) is 0 Å². The van der Waals surface area contributed by atoms with Crippen molar-refractivity contribution in [3.63, 3.8) is 0 Å². The molecule has 0 unspecified atom stereocenters. The minimum absolute atomic E-state index is 0.211. The summed E-state index contributed by atoms with van der Waals surface area (Å²) in [7, 11) is 1.72. The van der Waals surface area contributed by atoms with Gasteiger partial charge in [0.2, 0.25) is 0 Å². The van der Waals surface area contributed by atoms with Gasteiger partial charge in [0.25, 0.3) is 0 Å². The first kappa shape index (κ1) is 15.1. The molecule has 1 aromatic rings. The summed E-state index contributed by atoms with van der Waals surface area (Å²) in [6.45, 7) is 3.67. The van der Waals surface area contributed by atoms with E-state index in [-0.39, 0.29) is 11.8 Å². The topological polar surface area (TPSA) is 33.7 Å². The number of methoxy groups -OCH3 is 1. The van der Waals surface area contributed by atoms with Gasteiger partial charge in [-0.25, -0.2) is 0 Å². The third-order valence-electron chi connectivity index (χ3n) is 4.10. The highest BCUT2D eigenvalue weighted by Gasteiger charge is 2.47. The van der Waals surface area contributed by atoms with Crippen LogP contribution in [0, 0.1) is 0 Å². The van der Waals surface area contributed by atoms with E-state index in [1.807, 2.05) is 12.1 Å². The zero-order valence-corrected chi connectivity index (χ0v) is 14.6. The molecule has 2 heterocycles. The van der Waals surface area contributed by atoms with Gasteiger partial charge in [-0.3, -0.25) is 0 Å². The van der Waals surface area contributed by atoms with Crippen LogP contribution in [0.15, 0.2) is 22.7 Å². The third kappa shape index (κ3) is 2.76. The van der Waals surface area contributed by atoms with Gasteiger partial charge in [-0.15, -0.1) is 0 Å². The number of fused-ring (bicyclic) bond motifs is 4. The van der Waals surface area contributed by atoms with E-state index in [0.29, 0.717) is 0 Å². The van der Waals surface area contributed by atoms with Crippen LogP contribution in [0.4, 0.5) is 0 Å². The molecule has 0 saturated carbocycles. The highest BCUT2D eigenvalue weighted by Crippen LogP contribution is 2.44. The van der Waals surface area contributed by atoms with Gasteiger partial charge in [0.15, 0.2) is 10.8 Å². The smallest absolute Gasteiger partial charge is 0.184 e. The Labute approximate surface area is 138 Å². The monoisotopic (exact) mass is 370 g/mol. The van der Waals surface area contributed by atoms with Crippen molar-refractivity contribution in [2.45, 2.75) is 31.5 Å². The molecule has 1 aromatic carbocycles. The summed E-state index contributed by atoms with van der Waals surface area (Å²) in [5.74, 6) is 0.934. The van der Waals surface area contributed by atoms with Gasteiger partial charge in [-0.1, -0.05) is 15.9 Å². The molecule has 21 heavy (non-hydrogen) atoms. The number of benzene rings is 1. The van der Waals surface area contributed by atoms with Crippen molar-refractivity contribution >= 4 is 33.3 Å². The van der Waals surface area contributed by atoms with Gasteiger partial charge in [0.1, 0.15) is 5.75 Å². The van der Waals surface area contributed by atoms with E-state index in [2.05, 4.69) is 39.1 Å². The molecule has 1 saturated heterocycles. The van der Waals surface area contributed by atoms with E-state index >= 15 is 0 Å². The van der Waals surface area contributed by atoms with Gasteiger partial charge in [-0.05, 0) is 43.8 Å². The highest BCUT2D eigenvalue weighted by molar-refractivity contribution is 9.10. The Morgan fingerprint density at radius 1 is 1.57 bits per heavy atom. The Morgan fingerprint density at radius 3 is 3.14 bits per heavy atom. The van der Waals surface area contributed by atoms with Crippen molar-refractivity contribution in [3.05, 3.63) is 28.2 Å². The molecule has 0 aromatic heterocycles. The van der Waals surface area contributed by atoms with E-state index in [1.54, 1.807) is 7.11 Å². The van der Waals surface area contributed by atoms with Gasteiger partial charge < -0.3 is 19.7 Å². The van der Waals surface area contributed by atoms with Crippen molar-refractivity contribution in [2.24, 2.45) is 0 Å². The molecule has 0 amide bonds. The molecule has 4 nitrogen and oxygen atoms in total. The van der Waals surface area contributed by atoms with Gasteiger partial charge in [-0.2, -0.15) is 0 Å². The molecular formula is C15H19BrN2O2S. The van der Waals surface area contributed by atoms with Crippen LogP contribution in [-0.2, 0) is 4.74 Å². The van der Waals surface area contributed by atoms with E-state index < -0.39 is 0 Å². The van der Waals surface area contributed by atoms with Crippen LogP contribution >= 0.6 is 28.1 Å². The lowest BCUT2D eigenvalue weighted by atomic mass is 9.90. The summed E-state index contributed by atoms with van der Waals surface area (Å²) >= 11 is 9.07. The number of ether oxygens (including phenoxy) is 2. The number of nitrogens with zero attached hydrogens (tertiary/aromatic N) is 1. The predicted molar refractivity (Wildman–Crippen MR) is 89.5 cm³/mol. The zero-order chi connectivity index (χ0) is 15.0. The lowest BCUT2D eigenvalue weighted by Crippen LogP contribution is -2.64. The summed E-state index contributed by atoms with van der Waals surface area (Å²) in [5.41, 5.74) is 0.780. The summed E-state index contributed by atoms with van der Waals surface area (Å²) in [5, 5.41) is 4.21. The normalized spacial score (nSPS) is 26.9. The summed E-state index contributed by atoms with van der Waals surface area (Å²) in [6.07, 6.45) is 1.80. The van der Waals surface area contributed by atoms with E-state index in [1.165, 1.54) is 5.56 Å². The Balaban J connectivity index is 1.88. The largest absolute Gasteiger partial charge is 0.468 e. The summed E-state index contributed by atoms with van der Waals surface area (Å²) in [4.78, 5) is 2.14. The summed E-state index contributed by atoms with van der Waals surface area (Å²) in [6, 6.07) is 6.35. The minimum atomic E-state index is -0.387. The lowest BCUT2D eigenvalue weighted by Gasteiger charge is -2.52. The van der Waals surface area contributed by atoms with Crippen LogP contribution in [0.1, 0.15) is 31.4 Å². The molecule has 0 aliphatic carbocycles. The molecule has 2 aliphatic heterocycles. The van der Waals surface area contributed by atoms with Crippen LogP contribution < -0.4 is 10.1 Å². The first-order valence-corrected chi connectivity index (χ1v) is 8.29. The van der Waals surface area contributed by atoms with Crippen molar-refractivity contribution < 1.29 is 9.47 Å². The van der Waals surface area contributed by atoms with Crippen molar-refractivity contribution in [1.29, 1.82) is 0 Å². The molecule has 114 valence electrons. The molecule has 0 radical (unpaired) electrons. The quantitative estimate of drug-likeness (QED) is 0.649. The standard InChI is InChI=1S/C15H19BrN2O2S/c1-15-9-12(11-8-10(16)4-5-13(11)20-15)17-14(21)18(15)6-3-7-19-2/h4-5,8,12H,3,6-7,9H2,1-2H3,(H,17,21)/t12-,15+/m0/s1. The van der Waals surface area contributed by atoms with Crippen LogP contribution in [-0.4, -0.2) is 36.0 Å². The number of hydrogen-bond donors (Lipinski definition) is 1. The Bertz CT molecular complexity index is 569. The number of rotatable bonds is 4. The number of halogens is 1. The second-order valence-electron chi connectivity index (χ2n) is 5.66. The first-order valence-electron chi connectivity index (χ1n) is 7.09. The summed E-state index contributed by atoms with van der Waals surface area (Å²) < 4.78 is 12.5. The van der Waals surface area contributed by atoms with E-state index in [0.717, 1.165) is 41.3 Å². The zero-order valence-electron chi connectivity index (χ0n) is 12.2. The molecular weight excluding hydrogens is 352 g/mol. The average molecular weight is 371 g/mol. The van der Waals surface area contributed by atoms with Crippen LogP contribution in [0.3, 0.4) is 0 Å². The average Bonchev–Trinajstić information content (AvgIpc) is 2.43. The van der Waals surface area contributed by atoms with Gasteiger partial charge in [0, 0.05) is 36.7 Å². The molecule has 0 spiro atoms. The van der Waals surface area contributed by atoms with Crippen molar-refractivity contribution in [1.82, 2.24) is 10.2 Å². The fourth-order valence-electron chi connectivity index (χ4n) is 3.09. The Kier molecular flexibility index (Phi) is 4.12. The fourth-order valence-corrected chi connectivity index (χ4v) is 3.90. The first-order chi connectivity index (χ1) is 10.0. The maximum atomic E-state index is 6.30. The molecule has 6 heteroatoms. The van der Waals surface area contributed by atoms with Crippen molar-refractivity contribution in [2.75, 3.05) is 20.3 Å². The van der Waals surface area contributed by atoms with E-state index in [4.69, 9.17) is 21.7 Å². The lowest BCUT2D eigenvalue weighted by molar-refractivity contribution is -0.0698. The molecule has 3 rings (SSSR count). The number of nitrogens with one attached hydrogen (secondary N) is 1. The molecule has 2 aliphatic rings. The molecule has 1 N–H and O–H groups in total. The second kappa shape index (κ2) is 5.74. The van der Waals surface area contributed by atoms with Gasteiger partial charge >= 0.3 is 0 Å². The minimum Gasteiger partial charge on any atom is -0.468 e. The van der Waals surface area contributed by atoms with Gasteiger partial charge in [0.05, 0.1) is 6.04 Å². The van der Waals surface area contributed by atoms with E-state index in [9.17, 15) is 0 Å². The number of thiocarbonyl (C=S) groups is 1. The van der Waals surface area contributed by atoms with Crippen LogP contribution in [0.2, 0.25) is 0 Å². The Hall–Kier alpha value is -0.850. The third-order valence-corrected chi connectivity index (χ3v) is 4.94. The predicted octanol–water partition coefficient (Wildman–Crippen LogP) is 3.22.